The monoisotopic (exact) mass is 331 g/mol. The highest BCUT2D eigenvalue weighted by atomic mass is 16.5. The normalized spacial score (nSPS) is 9.65. The van der Waals surface area contributed by atoms with E-state index in [0.29, 0.717) is 17.7 Å². The number of methoxy groups -OCH3 is 2. The molecule has 0 aromatic carbocycles. The number of esters is 2. The van der Waals surface area contributed by atoms with Crippen LogP contribution in [0.15, 0.2) is 23.8 Å². The number of hydrogen-bond donors (Lipinski definition) is 1. The largest absolute Gasteiger partial charge is 0.478 e. The molecule has 0 heterocycles. The van der Waals surface area contributed by atoms with Crippen LogP contribution in [0.3, 0.4) is 0 Å². The predicted octanol–water partition coefficient (Wildman–Crippen LogP) is 1.88. The summed E-state index contributed by atoms with van der Waals surface area (Å²) in [4.78, 5) is 32.3. The van der Waals surface area contributed by atoms with E-state index < -0.39 is 5.97 Å². The third-order valence-electron chi connectivity index (χ3n) is 2.05. The zero-order valence-electron chi connectivity index (χ0n) is 15.1. The third kappa shape index (κ3) is 22.3. The highest BCUT2D eigenvalue weighted by molar-refractivity contribution is 5.86. The second-order valence-electron chi connectivity index (χ2n) is 4.69. The van der Waals surface area contributed by atoms with Crippen molar-refractivity contribution < 1.29 is 29.0 Å². The number of rotatable bonds is 5. The molecule has 7 nitrogen and oxygen atoms in total. The van der Waals surface area contributed by atoms with Crippen molar-refractivity contribution in [2.45, 2.75) is 27.2 Å². The molecular weight excluding hydrogens is 302 g/mol. The van der Waals surface area contributed by atoms with Gasteiger partial charge >= 0.3 is 17.9 Å². The molecule has 0 aromatic rings. The Morgan fingerprint density at radius 1 is 1.13 bits per heavy atom. The Labute approximate surface area is 138 Å². The number of allylic oxidation sites excluding steroid dienone is 1. The summed E-state index contributed by atoms with van der Waals surface area (Å²) in [6, 6.07) is 0. The maximum absolute atomic E-state index is 10.4. The van der Waals surface area contributed by atoms with E-state index in [1.807, 2.05) is 21.0 Å². The molecule has 0 bridgehead atoms. The van der Waals surface area contributed by atoms with Crippen LogP contribution in [0.4, 0.5) is 0 Å². The van der Waals surface area contributed by atoms with E-state index >= 15 is 0 Å². The van der Waals surface area contributed by atoms with E-state index in [1.165, 1.54) is 14.2 Å². The lowest BCUT2D eigenvalue weighted by molar-refractivity contribution is -0.141. The molecule has 0 saturated carbocycles. The summed E-state index contributed by atoms with van der Waals surface area (Å²) in [7, 11) is 6.34. The summed E-state index contributed by atoms with van der Waals surface area (Å²) in [5, 5.41) is 8.24. The Balaban J connectivity index is -0.000000262. The van der Waals surface area contributed by atoms with Crippen molar-refractivity contribution in [1.82, 2.24) is 4.90 Å². The van der Waals surface area contributed by atoms with Gasteiger partial charge < -0.3 is 14.6 Å². The van der Waals surface area contributed by atoms with E-state index in [4.69, 9.17) is 5.11 Å². The van der Waals surface area contributed by atoms with E-state index in [2.05, 4.69) is 16.1 Å². The molecule has 134 valence electrons. The zero-order valence-corrected chi connectivity index (χ0v) is 15.1. The molecule has 0 aliphatic carbocycles. The SMILES string of the molecule is C=C(C)C(=O)OC.CCC=C(C)C(=O)O.COC(=O)CN(C)C. The van der Waals surface area contributed by atoms with E-state index in [1.54, 1.807) is 24.8 Å². The Bertz CT molecular complexity index is 413. The van der Waals surface area contributed by atoms with E-state index in [-0.39, 0.29) is 11.9 Å². The quantitative estimate of drug-likeness (QED) is 0.607. The van der Waals surface area contributed by atoms with E-state index in [0.717, 1.165) is 6.42 Å². The number of carbonyl (C=O) groups excluding carboxylic acids is 2. The number of carboxylic acid groups (broad SMARTS) is 1. The number of ether oxygens (including phenoxy) is 2. The predicted molar refractivity (Wildman–Crippen MR) is 89.1 cm³/mol. The molecule has 0 saturated heterocycles. The lowest BCUT2D eigenvalue weighted by atomic mass is 10.2. The Morgan fingerprint density at radius 3 is 1.70 bits per heavy atom. The summed E-state index contributed by atoms with van der Waals surface area (Å²) < 4.78 is 8.65. The molecule has 7 heteroatoms. The van der Waals surface area contributed by atoms with Crippen molar-refractivity contribution in [3.05, 3.63) is 23.8 Å². The average Bonchev–Trinajstić information content (AvgIpc) is 2.46. The molecule has 0 aliphatic heterocycles. The van der Waals surface area contributed by atoms with Gasteiger partial charge in [0.25, 0.3) is 0 Å². The van der Waals surface area contributed by atoms with Crippen LogP contribution in [-0.4, -0.2) is 62.8 Å². The summed E-state index contributed by atoms with van der Waals surface area (Å²) in [5.41, 5.74) is 0.856. The smallest absolute Gasteiger partial charge is 0.332 e. The molecule has 0 aliphatic rings. The van der Waals surface area contributed by atoms with Gasteiger partial charge in [-0.1, -0.05) is 19.6 Å². The van der Waals surface area contributed by atoms with Gasteiger partial charge in [-0.2, -0.15) is 0 Å². The number of carboxylic acids is 1. The first-order chi connectivity index (χ1) is 10.5. The minimum absolute atomic E-state index is 0.199. The van der Waals surface area contributed by atoms with Crippen LogP contribution in [0.25, 0.3) is 0 Å². The van der Waals surface area contributed by atoms with Crippen LogP contribution in [0, 0.1) is 0 Å². The van der Waals surface area contributed by atoms with Crippen LogP contribution in [-0.2, 0) is 23.9 Å². The average molecular weight is 331 g/mol. The third-order valence-corrected chi connectivity index (χ3v) is 2.05. The van der Waals surface area contributed by atoms with Crippen molar-refractivity contribution in [2.24, 2.45) is 0 Å². The van der Waals surface area contributed by atoms with Gasteiger partial charge in [0.2, 0.25) is 0 Å². The van der Waals surface area contributed by atoms with Crippen LogP contribution in [0.1, 0.15) is 27.2 Å². The second-order valence-corrected chi connectivity index (χ2v) is 4.69. The molecule has 0 amide bonds. The lowest BCUT2D eigenvalue weighted by Gasteiger charge is -2.05. The molecular formula is C16H29NO6. The first-order valence-electron chi connectivity index (χ1n) is 6.88. The fourth-order valence-electron chi connectivity index (χ4n) is 0.890. The standard InChI is InChI=1S/C6H10O2.C5H11NO2.C5H8O2/c1-3-4-5(2)6(7)8;1-6(2)4-5(7)8-3;1-4(2)5(6)7-3/h4H,3H2,1-2H3,(H,7,8);4H2,1-3H3;1H2,2-3H3. The Hall–Kier alpha value is -2.15. The van der Waals surface area contributed by atoms with Gasteiger partial charge in [0, 0.05) is 11.1 Å². The fraction of sp³-hybridized carbons (Fsp3) is 0.562. The van der Waals surface area contributed by atoms with E-state index in [9.17, 15) is 14.4 Å². The van der Waals surface area contributed by atoms with Crippen molar-refractivity contribution in [3.8, 4) is 0 Å². The van der Waals surface area contributed by atoms with Crippen LogP contribution in [0.2, 0.25) is 0 Å². The molecule has 0 aromatic heterocycles. The summed E-state index contributed by atoms with van der Waals surface area (Å²) >= 11 is 0. The number of aliphatic carboxylic acids is 1. The first-order valence-corrected chi connectivity index (χ1v) is 6.88. The number of nitrogens with zero attached hydrogens (tertiary/aromatic N) is 1. The van der Waals surface area contributed by atoms with Crippen molar-refractivity contribution in [1.29, 1.82) is 0 Å². The summed E-state index contributed by atoms with van der Waals surface area (Å²) in [6.07, 6.45) is 2.47. The van der Waals surface area contributed by atoms with Gasteiger partial charge in [-0.15, -0.1) is 0 Å². The van der Waals surface area contributed by atoms with Gasteiger partial charge in [-0.25, -0.2) is 9.59 Å². The van der Waals surface area contributed by atoms with Gasteiger partial charge in [0.15, 0.2) is 0 Å². The molecule has 0 fully saturated rings. The second kappa shape index (κ2) is 16.2. The van der Waals surface area contributed by atoms with Gasteiger partial charge in [-0.3, -0.25) is 9.69 Å². The molecule has 0 radical (unpaired) electrons. The van der Waals surface area contributed by atoms with Crippen molar-refractivity contribution >= 4 is 17.9 Å². The van der Waals surface area contributed by atoms with Gasteiger partial charge in [0.1, 0.15) is 0 Å². The zero-order chi connectivity index (χ0) is 19.0. The maximum Gasteiger partial charge on any atom is 0.332 e. The molecule has 0 unspecified atom stereocenters. The van der Waals surface area contributed by atoms with Crippen LogP contribution >= 0.6 is 0 Å². The molecule has 0 spiro atoms. The summed E-state index contributed by atoms with van der Waals surface area (Å²) in [6.45, 7) is 8.81. The van der Waals surface area contributed by atoms with Gasteiger partial charge in [0.05, 0.1) is 20.8 Å². The molecule has 0 rings (SSSR count). The fourth-order valence-corrected chi connectivity index (χ4v) is 0.890. The van der Waals surface area contributed by atoms with Gasteiger partial charge in [-0.05, 0) is 34.4 Å². The number of hydrogen-bond acceptors (Lipinski definition) is 6. The highest BCUT2D eigenvalue weighted by Gasteiger charge is 1.98. The highest BCUT2D eigenvalue weighted by Crippen LogP contribution is 1.92. The van der Waals surface area contributed by atoms with Crippen LogP contribution in [0.5, 0.6) is 0 Å². The molecule has 23 heavy (non-hydrogen) atoms. The molecule has 0 atom stereocenters. The lowest BCUT2D eigenvalue weighted by Crippen LogP contribution is -2.22. The number of carbonyl (C=O) groups is 3. The Kier molecular flexibility index (Phi) is 18.2. The van der Waals surface area contributed by atoms with Crippen molar-refractivity contribution in [3.63, 3.8) is 0 Å². The van der Waals surface area contributed by atoms with Crippen LogP contribution < -0.4 is 0 Å². The van der Waals surface area contributed by atoms with Crippen molar-refractivity contribution in [2.75, 3.05) is 34.9 Å². The Morgan fingerprint density at radius 2 is 1.61 bits per heavy atom. The first kappa shape index (κ1) is 25.8. The number of likely N-dealkylation sites (N-methyl/N-ethyl adjacent to an activating group) is 1. The summed E-state index contributed by atoms with van der Waals surface area (Å²) in [5.74, 6) is -1.37. The molecule has 1 N–H and O–H groups in total. The minimum atomic E-state index is -0.827. The minimum Gasteiger partial charge on any atom is -0.478 e. The topological polar surface area (TPSA) is 93.1 Å². The maximum atomic E-state index is 10.4.